The Balaban J connectivity index is 1.71. The highest BCUT2D eigenvalue weighted by molar-refractivity contribution is 8.18. The fourth-order valence-electron chi connectivity index (χ4n) is 2.57. The molecule has 30 heavy (non-hydrogen) atoms. The molecule has 0 bridgehead atoms. The Bertz CT molecular complexity index is 1030. The number of furan rings is 1. The van der Waals surface area contributed by atoms with Gasteiger partial charge in [-0.05, 0) is 49.4 Å². The molecule has 2 amide bonds. The van der Waals surface area contributed by atoms with Crippen molar-refractivity contribution in [2.75, 3.05) is 6.54 Å². The fraction of sp³-hybridized carbons (Fsp3) is 0.250. The average molecular weight is 430 g/mol. The van der Waals surface area contributed by atoms with Gasteiger partial charge in [0.05, 0.1) is 15.9 Å². The molecule has 0 radical (unpaired) electrons. The van der Waals surface area contributed by atoms with Crippen LogP contribution in [0.5, 0.6) is 0 Å². The van der Waals surface area contributed by atoms with Crippen LogP contribution in [-0.4, -0.2) is 39.6 Å². The minimum atomic E-state index is -0.647. The minimum absolute atomic E-state index is 0.0361. The van der Waals surface area contributed by atoms with E-state index in [0.29, 0.717) is 35.3 Å². The summed E-state index contributed by atoms with van der Waals surface area (Å²) in [5, 5.41) is 10.2. The van der Waals surface area contributed by atoms with Crippen LogP contribution >= 0.6 is 11.8 Å². The first kappa shape index (κ1) is 21.3. The van der Waals surface area contributed by atoms with Crippen LogP contribution in [0.1, 0.15) is 26.0 Å². The lowest BCUT2D eigenvalue weighted by atomic mass is 10.1. The maximum absolute atomic E-state index is 12.5. The van der Waals surface area contributed by atoms with Crippen LogP contribution in [0.2, 0.25) is 0 Å². The summed E-state index contributed by atoms with van der Waals surface area (Å²) in [6, 6.07) is 9.10. The number of non-ortho nitro benzene ring substituents is 1. The second kappa shape index (κ2) is 8.95. The van der Waals surface area contributed by atoms with E-state index in [1.165, 1.54) is 18.2 Å². The molecule has 0 N–H and O–H groups in total. The number of nitro groups is 1. The Morgan fingerprint density at radius 1 is 1.27 bits per heavy atom. The molecule has 10 heteroatoms. The molecule has 1 saturated heterocycles. The van der Waals surface area contributed by atoms with Gasteiger partial charge in [0, 0.05) is 23.8 Å². The van der Waals surface area contributed by atoms with E-state index in [0.717, 1.165) is 4.90 Å². The number of hydrogen-bond acceptors (Lipinski definition) is 8. The molecule has 2 aromatic rings. The molecule has 0 spiro atoms. The molecular formula is C20H18N2O7S. The van der Waals surface area contributed by atoms with Crippen molar-refractivity contribution in [3.63, 3.8) is 0 Å². The van der Waals surface area contributed by atoms with Crippen LogP contribution in [0, 0.1) is 10.1 Å². The van der Waals surface area contributed by atoms with E-state index in [2.05, 4.69) is 0 Å². The number of carbonyl (C=O) groups is 3. The number of thioether (sulfide) groups is 1. The summed E-state index contributed by atoms with van der Waals surface area (Å²) >= 11 is 0.709. The summed E-state index contributed by atoms with van der Waals surface area (Å²) in [5.74, 6) is -0.464. The summed E-state index contributed by atoms with van der Waals surface area (Å²) in [4.78, 5) is 47.7. The number of carbonyl (C=O) groups excluding carboxylic acids is 3. The molecule has 0 saturated carbocycles. The van der Waals surface area contributed by atoms with Gasteiger partial charge in [-0.1, -0.05) is 6.92 Å². The van der Waals surface area contributed by atoms with Gasteiger partial charge >= 0.3 is 5.97 Å². The lowest BCUT2D eigenvalue weighted by molar-refractivity contribution is -0.384. The fourth-order valence-corrected chi connectivity index (χ4v) is 3.39. The summed E-state index contributed by atoms with van der Waals surface area (Å²) in [6.07, 6.45) is 1.75. The molecule has 2 heterocycles. The van der Waals surface area contributed by atoms with Crippen molar-refractivity contribution in [1.29, 1.82) is 0 Å². The molecule has 1 aromatic heterocycles. The van der Waals surface area contributed by atoms with Gasteiger partial charge in [-0.15, -0.1) is 0 Å². The number of ether oxygens (including phenoxy) is 1. The topological polar surface area (TPSA) is 120 Å². The number of nitro benzene ring substituents is 1. The molecule has 1 aliphatic rings. The van der Waals surface area contributed by atoms with Gasteiger partial charge in [0.1, 0.15) is 18.1 Å². The number of nitrogens with zero attached hydrogens (tertiary/aromatic N) is 2. The third kappa shape index (κ3) is 4.77. The average Bonchev–Trinajstić information content (AvgIpc) is 3.28. The van der Waals surface area contributed by atoms with E-state index < -0.39 is 28.6 Å². The third-order valence-corrected chi connectivity index (χ3v) is 5.24. The van der Waals surface area contributed by atoms with Crippen LogP contribution < -0.4 is 0 Å². The maximum Gasteiger partial charge on any atom is 0.326 e. The van der Waals surface area contributed by atoms with Crippen molar-refractivity contribution < 1.29 is 28.5 Å². The number of hydrogen-bond donors (Lipinski definition) is 0. The van der Waals surface area contributed by atoms with Crippen molar-refractivity contribution in [2.45, 2.75) is 26.4 Å². The lowest BCUT2D eigenvalue weighted by Gasteiger charge is -2.14. The van der Waals surface area contributed by atoms with E-state index in [1.807, 2.05) is 6.92 Å². The van der Waals surface area contributed by atoms with Gasteiger partial charge in [0.15, 0.2) is 0 Å². The third-order valence-electron chi connectivity index (χ3n) is 4.33. The summed E-state index contributed by atoms with van der Waals surface area (Å²) in [6.45, 7) is 3.14. The Labute approximate surface area is 175 Å². The predicted octanol–water partition coefficient (Wildman–Crippen LogP) is 4.23. The minimum Gasteiger partial charge on any atom is -0.461 e. The molecule has 3 rings (SSSR count). The zero-order valence-corrected chi connectivity index (χ0v) is 17.0. The zero-order valence-electron chi connectivity index (χ0n) is 16.2. The number of rotatable bonds is 7. The second-order valence-corrected chi connectivity index (χ2v) is 7.48. The van der Waals surface area contributed by atoms with Crippen molar-refractivity contribution in [2.24, 2.45) is 0 Å². The SMILES string of the molecule is CC[C@H](C)OC(=O)CN1C(=O)S/C(=C/c2ccc(-c3ccc([N+](=O)[O-])cc3)o2)C1=O. The molecule has 0 unspecified atom stereocenters. The number of esters is 1. The van der Waals surface area contributed by atoms with Crippen LogP contribution in [0.3, 0.4) is 0 Å². The van der Waals surface area contributed by atoms with Crippen molar-refractivity contribution in [3.05, 3.63) is 57.2 Å². The van der Waals surface area contributed by atoms with E-state index in [1.54, 1.807) is 31.2 Å². The van der Waals surface area contributed by atoms with Gasteiger partial charge < -0.3 is 9.15 Å². The van der Waals surface area contributed by atoms with E-state index in [-0.39, 0.29) is 16.7 Å². The highest BCUT2D eigenvalue weighted by atomic mass is 32.2. The first-order valence-electron chi connectivity index (χ1n) is 9.08. The van der Waals surface area contributed by atoms with Gasteiger partial charge in [-0.3, -0.25) is 29.4 Å². The van der Waals surface area contributed by atoms with E-state index in [9.17, 15) is 24.5 Å². The standard InChI is InChI=1S/C20H18N2O7S/c1-3-12(2)28-18(23)11-21-19(24)17(30-20(21)25)10-15-8-9-16(29-15)13-4-6-14(7-5-13)22(26)27/h4-10,12H,3,11H2,1-2H3/b17-10+/t12-/m0/s1. The second-order valence-electron chi connectivity index (χ2n) is 6.48. The maximum atomic E-state index is 12.5. The van der Waals surface area contributed by atoms with Crippen molar-refractivity contribution in [3.8, 4) is 11.3 Å². The van der Waals surface area contributed by atoms with Crippen molar-refractivity contribution in [1.82, 2.24) is 4.90 Å². The van der Waals surface area contributed by atoms with Crippen LogP contribution in [-0.2, 0) is 14.3 Å². The molecular weight excluding hydrogens is 412 g/mol. The monoisotopic (exact) mass is 430 g/mol. The molecule has 156 valence electrons. The number of benzene rings is 1. The Morgan fingerprint density at radius 2 is 1.97 bits per heavy atom. The molecule has 1 fully saturated rings. The summed E-state index contributed by atoms with van der Waals surface area (Å²) in [5.41, 5.74) is 0.590. The van der Waals surface area contributed by atoms with Gasteiger partial charge in [0.2, 0.25) is 0 Å². The van der Waals surface area contributed by atoms with Gasteiger partial charge in [-0.2, -0.15) is 0 Å². The van der Waals surface area contributed by atoms with E-state index >= 15 is 0 Å². The quantitative estimate of drug-likeness (QED) is 0.277. The Morgan fingerprint density at radius 3 is 2.60 bits per heavy atom. The van der Waals surface area contributed by atoms with Crippen LogP contribution in [0.25, 0.3) is 17.4 Å². The smallest absolute Gasteiger partial charge is 0.326 e. The Kier molecular flexibility index (Phi) is 6.36. The van der Waals surface area contributed by atoms with Crippen LogP contribution in [0.15, 0.2) is 45.7 Å². The predicted molar refractivity (Wildman–Crippen MR) is 109 cm³/mol. The number of amides is 2. The first-order valence-corrected chi connectivity index (χ1v) is 9.89. The van der Waals surface area contributed by atoms with Gasteiger partial charge in [-0.25, -0.2) is 0 Å². The highest BCUT2D eigenvalue weighted by Gasteiger charge is 2.37. The zero-order chi connectivity index (χ0) is 21.8. The first-order chi connectivity index (χ1) is 14.3. The van der Waals surface area contributed by atoms with E-state index in [4.69, 9.17) is 9.15 Å². The number of imide groups is 1. The normalized spacial score (nSPS) is 16.2. The highest BCUT2D eigenvalue weighted by Crippen LogP contribution is 2.33. The van der Waals surface area contributed by atoms with Gasteiger partial charge in [0.25, 0.3) is 16.8 Å². The van der Waals surface area contributed by atoms with Crippen molar-refractivity contribution >= 4 is 40.6 Å². The molecule has 0 aliphatic carbocycles. The molecule has 1 aromatic carbocycles. The molecule has 9 nitrogen and oxygen atoms in total. The molecule has 1 aliphatic heterocycles. The summed E-state index contributed by atoms with van der Waals surface area (Å²) < 4.78 is 10.8. The lowest BCUT2D eigenvalue weighted by Crippen LogP contribution is -2.35. The Hall–Kier alpha value is -3.40. The summed E-state index contributed by atoms with van der Waals surface area (Å²) in [7, 11) is 0. The van der Waals surface area contributed by atoms with Crippen LogP contribution in [0.4, 0.5) is 10.5 Å². The molecule has 1 atom stereocenters. The largest absolute Gasteiger partial charge is 0.461 e.